The van der Waals surface area contributed by atoms with Crippen LogP contribution in [0.25, 0.3) is 0 Å². The molecule has 1 unspecified atom stereocenters. The van der Waals surface area contributed by atoms with E-state index in [0.717, 1.165) is 6.07 Å². The van der Waals surface area contributed by atoms with E-state index in [1.54, 1.807) is 6.08 Å². The number of alkyl halides is 5. The number of para-hydroxylation sites is 1. The molecule has 1 aromatic carbocycles. The molecular weight excluding hydrogens is 291 g/mol. The highest BCUT2D eigenvalue weighted by Gasteiger charge is 2.60. The first-order valence-electron chi connectivity index (χ1n) is 6.47. The molecule has 1 heterocycles. The fraction of sp³-hybridized carbons (Fsp3) is 0.429. The minimum Gasteiger partial charge on any atom is -0.292 e. The number of rotatable bonds is 2. The summed E-state index contributed by atoms with van der Waals surface area (Å²) in [5, 5.41) is 2.77. The van der Waals surface area contributed by atoms with Gasteiger partial charge in [0, 0.05) is 19.2 Å². The predicted molar refractivity (Wildman–Crippen MR) is 67.7 cm³/mol. The van der Waals surface area contributed by atoms with Crippen molar-refractivity contribution in [2.75, 3.05) is 18.6 Å². The van der Waals surface area contributed by atoms with Crippen LogP contribution in [-0.2, 0) is 6.18 Å². The van der Waals surface area contributed by atoms with E-state index >= 15 is 0 Å². The monoisotopic (exact) mass is 304 g/mol. The Morgan fingerprint density at radius 2 is 1.81 bits per heavy atom. The van der Waals surface area contributed by atoms with Gasteiger partial charge in [-0.15, -0.1) is 0 Å². The topological polar surface area (TPSA) is 6.48 Å². The molecule has 0 radical (unpaired) electrons. The summed E-state index contributed by atoms with van der Waals surface area (Å²) in [7, 11) is 1.51. The van der Waals surface area contributed by atoms with Crippen LogP contribution in [0.4, 0.5) is 27.6 Å². The zero-order valence-electron chi connectivity index (χ0n) is 11.2. The summed E-state index contributed by atoms with van der Waals surface area (Å²) < 4.78 is 65.4. The van der Waals surface area contributed by atoms with Gasteiger partial charge in [-0.3, -0.25) is 10.0 Å². The van der Waals surface area contributed by atoms with Crippen LogP contribution in [0.3, 0.4) is 0 Å². The molecule has 1 aliphatic heterocycles. The lowest BCUT2D eigenvalue weighted by Crippen LogP contribution is -2.36. The Morgan fingerprint density at radius 3 is 2.38 bits per heavy atom. The highest BCUT2D eigenvalue weighted by atomic mass is 19.4. The molecule has 7 heteroatoms. The number of hydrazine groups is 1. The molecule has 114 valence electrons. The quantitative estimate of drug-likeness (QED) is 0.764. The van der Waals surface area contributed by atoms with Gasteiger partial charge in [0.05, 0.1) is 23.7 Å². The van der Waals surface area contributed by atoms with Crippen LogP contribution in [0.15, 0.2) is 36.0 Å². The summed E-state index contributed by atoms with van der Waals surface area (Å²) >= 11 is 0. The van der Waals surface area contributed by atoms with Crippen molar-refractivity contribution in [3.63, 3.8) is 0 Å². The van der Waals surface area contributed by atoms with Gasteiger partial charge in [-0.05, 0) is 18.2 Å². The van der Waals surface area contributed by atoms with Crippen molar-refractivity contribution in [1.82, 2.24) is 5.01 Å². The molecule has 1 fully saturated rings. The molecule has 0 bridgehead atoms. The third-order valence-electron chi connectivity index (χ3n) is 3.88. The second-order valence-electron chi connectivity index (χ2n) is 5.27. The van der Waals surface area contributed by atoms with E-state index < -0.39 is 23.6 Å². The van der Waals surface area contributed by atoms with E-state index in [0.29, 0.717) is 5.70 Å². The average Bonchev–Trinajstić information content (AvgIpc) is 2.85. The van der Waals surface area contributed by atoms with Crippen LogP contribution in [0.2, 0.25) is 0 Å². The van der Waals surface area contributed by atoms with E-state index in [4.69, 9.17) is 0 Å². The van der Waals surface area contributed by atoms with Gasteiger partial charge in [0.25, 0.3) is 5.92 Å². The van der Waals surface area contributed by atoms with Crippen LogP contribution < -0.4 is 5.01 Å². The maximum atomic E-state index is 13.2. The smallest absolute Gasteiger partial charge is 0.292 e. The molecule has 21 heavy (non-hydrogen) atoms. The first-order chi connectivity index (χ1) is 9.72. The molecule has 3 rings (SSSR count). The highest BCUT2D eigenvalue weighted by Crippen LogP contribution is 2.54. The van der Waals surface area contributed by atoms with Gasteiger partial charge in [0.2, 0.25) is 0 Å². The minimum atomic E-state index is -4.48. The Balaban J connectivity index is 1.88. The van der Waals surface area contributed by atoms with Crippen LogP contribution in [0.5, 0.6) is 0 Å². The Labute approximate surface area is 118 Å². The predicted octanol–water partition coefficient (Wildman–Crippen LogP) is 3.91. The number of benzene rings is 1. The molecule has 1 aromatic rings. The zero-order chi connectivity index (χ0) is 15.4. The first kappa shape index (κ1) is 14.2. The number of halogens is 5. The van der Waals surface area contributed by atoms with Crippen molar-refractivity contribution in [2.45, 2.75) is 18.5 Å². The molecule has 1 saturated carbocycles. The van der Waals surface area contributed by atoms with Crippen LogP contribution in [0, 0.1) is 5.92 Å². The number of hydrogen-bond donors (Lipinski definition) is 0. The van der Waals surface area contributed by atoms with Gasteiger partial charge in [-0.2, -0.15) is 13.2 Å². The molecule has 0 spiro atoms. The summed E-state index contributed by atoms with van der Waals surface area (Å²) in [5.41, 5.74) is -0.409. The second-order valence-corrected chi connectivity index (χ2v) is 5.27. The standard InChI is InChI=1S/C14H13F5N2/c1-20-11(10-8-13(10,15)16)6-7-21(20)12-5-3-2-4-9(12)14(17,18)19/h2-6,10H,7-8H2,1H3. The van der Waals surface area contributed by atoms with Crippen molar-refractivity contribution in [1.29, 1.82) is 0 Å². The summed E-state index contributed by atoms with van der Waals surface area (Å²) in [5.74, 6) is -3.62. The summed E-state index contributed by atoms with van der Waals surface area (Å²) in [4.78, 5) is 0. The maximum absolute atomic E-state index is 13.2. The minimum absolute atomic E-state index is 0.0253. The normalized spacial score (nSPS) is 24.3. The molecule has 0 saturated heterocycles. The Hall–Kier alpha value is -1.79. The van der Waals surface area contributed by atoms with E-state index in [1.807, 2.05) is 0 Å². The van der Waals surface area contributed by atoms with Crippen molar-refractivity contribution in [3.05, 3.63) is 41.6 Å². The molecule has 2 nitrogen and oxygen atoms in total. The summed E-state index contributed by atoms with van der Waals surface area (Å²) in [6.45, 7) is 0.158. The Bertz CT molecular complexity index is 593. The lowest BCUT2D eigenvalue weighted by atomic mass is 10.1. The van der Waals surface area contributed by atoms with Gasteiger partial charge < -0.3 is 0 Å². The summed E-state index contributed by atoms with van der Waals surface area (Å²) in [6.07, 6.45) is -3.15. The van der Waals surface area contributed by atoms with Gasteiger partial charge in [-0.1, -0.05) is 12.1 Å². The molecule has 2 aliphatic rings. The van der Waals surface area contributed by atoms with Gasteiger partial charge in [0.15, 0.2) is 0 Å². The van der Waals surface area contributed by atoms with E-state index in [9.17, 15) is 22.0 Å². The average molecular weight is 304 g/mol. The fourth-order valence-electron chi connectivity index (χ4n) is 2.67. The molecule has 0 amide bonds. The van der Waals surface area contributed by atoms with Gasteiger partial charge in [-0.25, -0.2) is 8.78 Å². The molecule has 0 aromatic heterocycles. The van der Waals surface area contributed by atoms with Crippen molar-refractivity contribution in [3.8, 4) is 0 Å². The van der Waals surface area contributed by atoms with Crippen LogP contribution >= 0.6 is 0 Å². The van der Waals surface area contributed by atoms with Crippen molar-refractivity contribution in [2.24, 2.45) is 5.92 Å². The third kappa shape index (κ3) is 2.34. The van der Waals surface area contributed by atoms with E-state index in [-0.39, 0.29) is 18.7 Å². The zero-order valence-corrected chi connectivity index (χ0v) is 11.2. The maximum Gasteiger partial charge on any atom is 0.418 e. The third-order valence-corrected chi connectivity index (χ3v) is 3.88. The highest BCUT2D eigenvalue weighted by molar-refractivity contribution is 5.56. The largest absolute Gasteiger partial charge is 0.418 e. The van der Waals surface area contributed by atoms with Crippen molar-refractivity contribution < 1.29 is 22.0 Å². The lowest BCUT2D eigenvalue weighted by molar-refractivity contribution is -0.137. The van der Waals surface area contributed by atoms with Gasteiger partial charge >= 0.3 is 6.18 Å². The van der Waals surface area contributed by atoms with Crippen LogP contribution in [0.1, 0.15) is 12.0 Å². The lowest BCUT2D eigenvalue weighted by Gasteiger charge is -2.32. The number of hydrogen-bond acceptors (Lipinski definition) is 2. The van der Waals surface area contributed by atoms with Crippen LogP contribution in [-0.4, -0.2) is 24.5 Å². The molecule has 1 aliphatic carbocycles. The number of allylic oxidation sites excluding steroid dienone is 1. The first-order valence-corrected chi connectivity index (χ1v) is 6.47. The SMILES string of the molecule is CN1C(C2CC2(F)F)=CCN1c1ccccc1C(F)(F)F. The number of nitrogens with zero attached hydrogens (tertiary/aromatic N) is 2. The van der Waals surface area contributed by atoms with Crippen molar-refractivity contribution >= 4 is 5.69 Å². The van der Waals surface area contributed by atoms with E-state index in [1.165, 1.54) is 35.3 Å². The fourth-order valence-corrected chi connectivity index (χ4v) is 2.67. The molecule has 0 N–H and O–H groups in total. The summed E-state index contributed by atoms with van der Waals surface area (Å²) in [6, 6.07) is 5.15. The second kappa shape index (κ2) is 4.35. The Kier molecular flexibility index (Phi) is 2.93. The molecular formula is C14H13F5N2. The van der Waals surface area contributed by atoms with Gasteiger partial charge in [0.1, 0.15) is 0 Å². The Morgan fingerprint density at radius 1 is 1.19 bits per heavy atom. The number of anilines is 1. The molecule has 1 atom stereocenters. The van der Waals surface area contributed by atoms with E-state index in [2.05, 4.69) is 0 Å².